The van der Waals surface area contributed by atoms with Crippen molar-refractivity contribution in [3.63, 3.8) is 0 Å². The third kappa shape index (κ3) is 5.49. The zero-order chi connectivity index (χ0) is 16.4. The van der Waals surface area contributed by atoms with Crippen LogP contribution in [0, 0.1) is 0 Å². The van der Waals surface area contributed by atoms with E-state index in [1.54, 1.807) is 0 Å². The van der Waals surface area contributed by atoms with E-state index in [9.17, 15) is 20.1 Å². The van der Waals surface area contributed by atoms with Crippen molar-refractivity contribution in [2.75, 3.05) is 0 Å². The van der Waals surface area contributed by atoms with E-state index in [-0.39, 0.29) is 0 Å². The lowest BCUT2D eigenvalue weighted by molar-refractivity contribution is -0.158. The minimum absolute atomic E-state index is 0.345. The predicted octanol–water partition coefficient (Wildman–Crippen LogP) is 2.89. The molecule has 0 aromatic heterocycles. The first kappa shape index (κ1) is 19.3. The molecular formula is C18H32O4. The predicted molar refractivity (Wildman–Crippen MR) is 87.6 cm³/mol. The van der Waals surface area contributed by atoms with Gasteiger partial charge in [-0.05, 0) is 18.6 Å². The molecule has 0 heterocycles. The molecule has 3 N–H and O–H groups in total. The van der Waals surface area contributed by atoms with E-state index in [2.05, 4.69) is 6.92 Å². The summed E-state index contributed by atoms with van der Waals surface area (Å²) < 4.78 is 0. The van der Waals surface area contributed by atoms with Crippen molar-refractivity contribution < 1.29 is 20.1 Å². The molecule has 0 bridgehead atoms. The van der Waals surface area contributed by atoms with Crippen LogP contribution in [0.15, 0.2) is 12.2 Å². The summed E-state index contributed by atoms with van der Waals surface area (Å²) in [5.74, 6) is -0.598. The first-order chi connectivity index (χ1) is 10.5. The quantitative estimate of drug-likeness (QED) is 0.484. The number of carbonyl (C=O) groups is 1. The maximum atomic E-state index is 11.6. The zero-order valence-corrected chi connectivity index (χ0v) is 13.8. The first-order valence-electron chi connectivity index (χ1n) is 8.84. The maximum Gasteiger partial charge on any atom is 0.192 e. The van der Waals surface area contributed by atoms with Crippen molar-refractivity contribution in [1.29, 1.82) is 0 Å². The first-order valence-corrected chi connectivity index (χ1v) is 8.84. The van der Waals surface area contributed by atoms with Gasteiger partial charge in [0, 0.05) is 0 Å². The molecule has 0 radical (unpaired) electrons. The van der Waals surface area contributed by atoms with E-state index >= 15 is 0 Å². The van der Waals surface area contributed by atoms with Crippen LogP contribution in [0.4, 0.5) is 0 Å². The molecule has 0 fully saturated rings. The van der Waals surface area contributed by atoms with Crippen molar-refractivity contribution in [3.05, 3.63) is 12.2 Å². The van der Waals surface area contributed by atoms with Crippen molar-refractivity contribution in [3.8, 4) is 0 Å². The Morgan fingerprint density at radius 3 is 2.00 bits per heavy atom. The number of aliphatic hydroxyl groups is 3. The highest BCUT2D eigenvalue weighted by molar-refractivity contribution is 6.00. The molecule has 3 atom stereocenters. The van der Waals surface area contributed by atoms with Gasteiger partial charge in [-0.3, -0.25) is 4.79 Å². The lowest BCUT2D eigenvalue weighted by atomic mass is 9.87. The molecule has 0 saturated carbocycles. The summed E-state index contributed by atoms with van der Waals surface area (Å²) >= 11 is 0. The Bertz CT molecular complexity index is 353. The van der Waals surface area contributed by atoms with Crippen LogP contribution < -0.4 is 0 Å². The van der Waals surface area contributed by atoms with Crippen LogP contribution in [0.1, 0.15) is 77.6 Å². The summed E-state index contributed by atoms with van der Waals surface area (Å²) in [5, 5.41) is 29.8. The van der Waals surface area contributed by atoms with Crippen LogP contribution in [0.3, 0.4) is 0 Å². The van der Waals surface area contributed by atoms with Crippen LogP contribution in [0.25, 0.3) is 0 Å². The molecule has 0 aliphatic heterocycles. The van der Waals surface area contributed by atoms with Crippen molar-refractivity contribution in [2.45, 2.75) is 95.4 Å². The Hall–Kier alpha value is -0.710. The van der Waals surface area contributed by atoms with Crippen LogP contribution in [0.2, 0.25) is 0 Å². The SMILES string of the molecule is CCCCCCCCCCCC[C@@H](O)[C@]1(O)C(=O)C=C[C@@H]1O. The summed E-state index contributed by atoms with van der Waals surface area (Å²) in [6, 6.07) is 0. The second-order valence-electron chi connectivity index (χ2n) is 6.48. The number of rotatable bonds is 12. The fourth-order valence-corrected chi connectivity index (χ4v) is 3.01. The Kier molecular flexibility index (Phi) is 8.91. The number of hydrogen-bond donors (Lipinski definition) is 3. The van der Waals surface area contributed by atoms with Crippen LogP contribution in [0.5, 0.6) is 0 Å². The van der Waals surface area contributed by atoms with Crippen LogP contribution in [-0.2, 0) is 4.79 Å². The lowest BCUT2D eigenvalue weighted by Crippen LogP contribution is -2.54. The van der Waals surface area contributed by atoms with Gasteiger partial charge in [0.05, 0.1) is 6.10 Å². The Labute approximate surface area is 134 Å². The Morgan fingerprint density at radius 2 is 1.55 bits per heavy atom. The second kappa shape index (κ2) is 10.1. The molecule has 4 heteroatoms. The summed E-state index contributed by atoms with van der Waals surface area (Å²) in [4.78, 5) is 11.6. The number of unbranched alkanes of at least 4 members (excludes halogenated alkanes) is 9. The number of ketones is 1. The third-order valence-corrected chi connectivity index (χ3v) is 4.61. The van der Waals surface area contributed by atoms with Gasteiger partial charge >= 0.3 is 0 Å². The lowest BCUT2D eigenvalue weighted by Gasteiger charge is -2.30. The molecule has 0 unspecified atom stereocenters. The van der Waals surface area contributed by atoms with Gasteiger partial charge in [-0.2, -0.15) is 0 Å². The maximum absolute atomic E-state index is 11.6. The molecule has 0 saturated heterocycles. The molecular weight excluding hydrogens is 280 g/mol. The average molecular weight is 312 g/mol. The van der Waals surface area contributed by atoms with Gasteiger partial charge in [0.1, 0.15) is 6.10 Å². The topological polar surface area (TPSA) is 77.8 Å². The summed E-state index contributed by atoms with van der Waals surface area (Å²) in [5.41, 5.74) is -2.03. The molecule has 4 nitrogen and oxygen atoms in total. The van der Waals surface area contributed by atoms with Crippen molar-refractivity contribution in [1.82, 2.24) is 0 Å². The molecule has 128 valence electrons. The van der Waals surface area contributed by atoms with Gasteiger partial charge in [-0.15, -0.1) is 0 Å². The second-order valence-corrected chi connectivity index (χ2v) is 6.48. The smallest absolute Gasteiger partial charge is 0.192 e. The number of aliphatic hydroxyl groups excluding tert-OH is 2. The normalized spacial score (nSPS) is 25.8. The molecule has 0 amide bonds. The Morgan fingerprint density at radius 1 is 1.05 bits per heavy atom. The minimum Gasteiger partial charge on any atom is -0.390 e. The minimum atomic E-state index is -2.03. The monoisotopic (exact) mass is 312 g/mol. The van der Waals surface area contributed by atoms with Gasteiger partial charge in [0.25, 0.3) is 0 Å². The number of hydrogen-bond acceptors (Lipinski definition) is 4. The van der Waals surface area contributed by atoms with Gasteiger partial charge in [0.15, 0.2) is 11.4 Å². The van der Waals surface area contributed by atoms with Crippen LogP contribution >= 0.6 is 0 Å². The molecule has 0 aromatic carbocycles. The van der Waals surface area contributed by atoms with Gasteiger partial charge in [-0.1, -0.05) is 71.1 Å². The number of carbonyl (C=O) groups excluding carboxylic acids is 1. The highest BCUT2D eigenvalue weighted by Gasteiger charge is 2.50. The molecule has 1 rings (SSSR count). The van der Waals surface area contributed by atoms with E-state index in [0.29, 0.717) is 6.42 Å². The molecule has 1 aliphatic carbocycles. The zero-order valence-electron chi connectivity index (χ0n) is 13.8. The van der Waals surface area contributed by atoms with Crippen molar-refractivity contribution in [2.24, 2.45) is 0 Å². The fraction of sp³-hybridized carbons (Fsp3) is 0.833. The van der Waals surface area contributed by atoms with Crippen molar-refractivity contribution >= 4 is 5.78 Å². The average Bonchev–Trinajstić information content (AvgIpc) is 2.77. The van der Waals surface area contributed by atoms with E-state index in [4.69, 9.17) is 0 Å². The van der Waals surface area contributed by atoms with Gasteiger partial charge in [-0.25, -0.2) is 0 Å². The summed E-state index contributed by atoms with van der Waals surface area (Å²) in [6.07, 6.45) is 12.2. The molecule has 22 heavy (non-hydrogen) atoms. The summed E-state index contributed by atoms with van der Waals surface area (Å²) in [7, 11) is 0. The van der Waals surface area contributed by atoms with Crippen LogP contribution in [-0.4, -0.2) is 38.9 Å². The van der Waals surface area contributed by atoms with E-state index in [0.717, 1.165) is 25.3 Å². The third-order valence-electron chi connectivity index (χ3n) is 4.61. The van der Waals surface area contributed by atoms with E-state index < -0.39 is 23.6 Å². The molecule has 0 spiro atoms. The summed E-state index contributed by atoms with van der Waals surface area (Å²) in [6.45, 7) is 2.22. The largest absolute Gasteiger partial charge is 0.390 e. The van der Waals surface area contributed by atoms with E-state index in [1.165, 1.54) is 51.0 Å². The van der Waals surface area contributed by atoms with E-state index in [1.807, 2.05) is 0 Å². The van der Waals surface area contributed by atoms with Gasteiger partial charge in [0.2, 0.25) is 0 Å². The molecule has 0 aromatic rings. The Balaban J connectivity index is 2.04. The van der Waals surface area contributed by atoms with Gasteiger partial charge < -0.3 is 15.3 Å². The highest BCUT2D eigenvalue weighted by Crippen LogP contribution is 2.27. The fourth-order valence-electron chi connectivity index (χ4n) is 3.01. The highest BCUT2D eigenvalue weighted by atomic mass is 16.4. The standard InChI is InChI=1S/C18H32O4/c1-2-3-4-5-6-7-8-9-10-11-12-15(19)18(22)16(20)13-14-17(18)21/h13-16,19-20,22H,2-12H2,1H3/t15-,16+,18-/m1/s1. The molecule has 1 aliphatic rings.